The van der Waals surface area contributed by atoms with Crippen molar-refractivity contribution >= 4 is 27.5 Å². The molecular weight excluding hydrogens is 337 g/mol. The van der Waals surface area contributed by atoms with Crippen molar-refractivity contribution in [2.75, 3.05) is 11.9 Å². The van der Waals surface area contributed by atoms with Crippen LogP contribution in [0.15, 0.2) is 46.9 Å². The fourth-order valence-electron chi connectivity index (χ4n) is 2.32. The third-order valence-electron chi connectivity index (χ3n) is 3.44. The van der Waals surface area contributed by atoms with Crippen molar-refractivity contribution in [2.45, 2.75) is 6.42 Å². The van der Waals surface area contributed by atoms with E-state index in [1.807, 2.05) is 24.3 Å². The van der Waals surface area contributed by atoms with Gasteiger partial charge in [-0.2, -0.15) is 0 Å². The molecule has 0 radical (unpaired) electrons. The first-order chi connectivity index (χ1) is 10.1. The van der Waals surface area contributed by atoms with Gasteiger partial charge in [0.05, 0.1) is 11.6 Å². The Hall–Kier alpha value is -1.88. The smallest absolute Gasteiger partial charge is 0.231 e. The van der Waals surface area contributed by atoms with Gasteiger partial charge in [0.1, 0.15) is 18.2 Å². The number of halogens is 2. The molecule has 3 rings (SSSR count). The average molecular weight is 350 g/mol. The molecule has 1 heterocycles. The van der Waals surface area contributed by atoms with E-state index in [2.05, 4.69) is 21.2 Å². The summed E-state index contributed by atoms with van der Waals surface area (Å²) in [6.07, 6.45) is 0.597. The number of amides is 1. The van der Waals surface area contributed by atoms with Crippen LogP contribution in [0.25, 0.3) is 0 Å². The summed E-state index contributed by atoms with van der Waals surface area (Å²) in [4.78, 5) is 12.2. The number of nitrogens with one attached hydrogen (secondary N) is 1. The van der Waals surface area contributed by atoms with Crippen LogP contribution in [0.2, 0.25) is 0 Å². The Morgan fingerprint density at radius 1 is 1.29 bits per heavy atom. The molecule has 0 saturated heterocycles. The molecule has 0 bridgehead atoms. The van der Waals surface area contributed by atoms with E-state index in [1.165, 1.54) is 12.1 Å². The third-order valence-corrected chi connectivity index (χ3v) is 3.93. The molecule has 1 N–H and O–H groups in total. The summed E-state index contributed by atoms with van der Waals surface area (Å²) in [5, 5.41) is 2.62. The van der Waals surface area contributed by atoms with Gasteiger partial charge in [-0.3, -0.25) is 4.79 Å². The maximum absolute atomic E-state index is 13.7. The molecule has 0 spiro atoms. The van der Waals surface area contributed by atoms with Gasteiger partial charge in [0.15, 0.2) is 0 Å². The molecule has 1 amide bonds. The van der Waals surface area contributed by atoms with Crippen molar-refractivity contribution in [3.63, 3.8) is 0 Å². The first kappa shape index (κ1) is 14.1. The van der Waals surface area contributed by atoms with Gasteiger partial charge in [-0.05, 0) is 36.2 Å². The zero-order valence-electron chi connectivity index (χ0n) is 11.1. The van der Waals surface area contributed by atoms with Gasteiger partial charge in [-0.25, -0.2) is 4.39 Å². The van der Waals surface area contributed by atoms with Crippen LogP contribution in [-0.4, -0.2) is 12.5 Å². The van der Waals surface area contributed by atoms with Crippen molar-refractivity contribution in [3.8, 4) is 5.75 Å². The standard InChI is InChI=1S/C16H13BrFNO2/c17-12-5-6-14(13(18)8-12)19-16(20)11-7-10-3-1-2-4-15(10)21-9-11/h1-6,8,11H,7,9H2,(H,19,20)/t11-/m0/s1. The van der Waals surface area contributed by atoms with Gasteiger partial charge in [-0.1, -0.05) is 34.1 Å². The molecule has 0 aromatic heterocycles. The normalized spacial score (nSPS) is 16.8. The van der Waals surface area contributed by atoms with Crippen molar-refractivity contribution in [3.05, 3.63) is 58.3 Å². The van der Waals surface area contributed by atoms with Crippen LogP contribution in [0.5, 0.6) is 5.75 Å². The quantitative estimate of drug-likeness (QED) is 0.895. The molecule has 21 heavy (non-hydrogen) atoms. The Bertz CT molecular complexity index is 690. The number of fused-ring (bicyclic) bond motifs is 1. The number of carbonyl (C=O) groups excluding carboxylic acids is 1. The lowest BCUT2D eigenvalue weighted by atomic mass is 9.96. The lowest BCUT2D eigenvalue weighted by Gasteiger charge is -2.24. The van der Waals surface area contributed by atoms with Crippen molar-refractivity contribution in [2.24, 2.45) is 5.92 Å². The fourth-order valence-corrected chi connectivity index (χ4v) is 2.66. The molecular formula is C16H13BrFNO2. The van der Waals surface area contributed by atoms with Crippen LogP contribution in [0.4, 0.5) is 10.1 Å². The summed E-state index contributed by atoms with van der Waals surface area (Å²) in [7, 11) is 0. The number of carbonyl (C=O) groups is 1. The zero-order chi connectivity index (χ0) is 14.8. The van der Waals surface area contributed by atoms with E-state index < -0.39 is 5.82 Å². The zero-order valence-corrected chi connectivity index (χ0v) is 12.7. The second kappa shape index (κ2) is 5.85. The molecule has 108 valence electrons. The maximum Gasteiger partial charge on any atom is 0.231 e. The minimum atomic E-state index is -0.463. The number of ether oxygens (including phenoxy) is 1. The van der Waals surface area contributed by atoms with E-state index in [-0.39, 0.29) is 17.5 Å². The average Bonchev–Trinajstić information content (AvgIpc) is 2.49. The van der Waals surface area contributed by atoms with E-state index in [0.29, 0.717) is 17.5 Å². The van der Waals surface area contributed by atoms with Gasteiger partial charge in [-0.15, -0.1) is 0 Å². The molecule has 1 aliphatic heterocycles. The van der Waals surface area contributed by atoms with Gasteiger partial charge < -0.3 is 10.1 Å². The van der Waals surface area contributed by atoms with E-state index in [4.69, 9.17) is 4.74 Å². The molecule has 0 saturated carbocycles. The van der Waals surface area contributed by atoms with Crippen molar-refractivity contribution in [1.82, 2.24) is 0 Å². The predicted octanol–water partition coefficient (Wildman–Crippen LogP) is 3.78. The number of hydrogen-bond acceptors (Lipinski definition) is 2. The number of rotatable bonds is 2. The monoisotopic (exact) mass is 349 g/mol. The molecule has 5 heteroatoms. The lowest BCUT2D eigenvalue weighted by Crippen LogP contribution is -2.32. The fraction of sp³-hybridized carbons (Fsp3) is 0.188. The van der Waals surface area contributed by atoms with Crippen LogP contribution in [0, 0.1) is 11.7 Å². The lowest BCUT2D eigenvalue weighted by molar-refractivity contribution is -0.121. The van der Waals surface area contributed by atoms with Gasteiger partial charge in [0.25, 0.3) is 0 Å². The molecule has 2 aromatic carbocycles. The highest BCUT2D eigenvalue weighted by Gasteiger charge is 2.26. The number of para-hydroxylation sites is 1. The highest BCUT2D eigenvalue weighted by atomic mass is 79.9. The molecule has 0 unspecified atom stereocenters. The molecule has 2 aromatic rings. The second-order valence-electron chi connectivity index (χ2n) is 4.93. The van der Waals surface area contributed by atoms with Crippen LogP contribution >= 0.6 is 15.9 Å². The minimum Gasteiger partial charge on any atom is -0.492 e. The maximum atomic E-state index is 13.7. The molecule has 0 fully saturated rings. The first-order valence-corrected chi connectivity index (χ1v) is 7.39. The van der Waals surface area contributed by atoms with Crippen LogP contribution in [0.1, 0.15) is 5.56 Å². The Balaban J connectivity index is 1.72. The Labute approximate surface area is 130 Å². The summed E-state index contributed by atoms with van der Waals surface area (Å²) in [6, 6.07) is 12.2. The van der Waals surface area contributed by atoms with E-state index >= 15 is 0 Å². The van der Waals surface area contributed by atoms with Gasteiger partial charge in [0, 0.05) is 4.47 Å². The van der Waals surface area contributed by atoms with E-state index in [9.17, 15) is 9.18 Å². The summed E-state index contributed by atoms with van der Waals surface area (Å²) >= 11 is 3.18. The molecule has 1 atom stereocenters. The Morgan fingerprint density at radius 3 is 2.90 bits per heavy atom. The number of anilines is 1. The summed E-state index contributed by atoms with van der Waals surface area (Å²) in [5.41, 5.74) is 1.18. The highest BCUT2D eigenvalue weighted by molar-refractivity contribution is 9.10. The Kier molecular flexibility index (Phi) is 3.92. The summed E-state index contributed by atoms with van der Waals surface area (Å²) < 4.78 is 20.0. The van der Waals surface area contributed by atoms with E-state index in [0.717, 1.165) is 11.3 Å². The number of benzene rings is 2. The molecule has 0 aliphatic carbocycles. The summed E-state index contributed by atoms with van der Waals surface area (Å²) in [5.74, 6) is -0.195. The molecule has 1 aliphatic rings. The second-order valence-corrected chi connectivity index (χ2v) is 5.85. The third kappa shape index (κ3) is 3.08. The predicted molar refractivity (Wildman–Crippen MR) is 81.9 cm³/mol. The van der Waals surface area contributed by atoms with Crippen LogP contribution in [0.3, 0.4) is 0 Å². The van der Waals surface area contributed by atoms with Crippen molar-refractivity contribution < 1.29 is 13.9 Å². The van der Waals surface area contributed by atoms with Crippen LogP contribution in [-0.2, 0) is 11.2 Å². The Morgan fingerprint density at radius 2 is 2.10 bits per heavy atom. The van der Waals surface area contributed by atoms with E-state index in [1.54, 1.807) is 6.07 Å². The molecule has 3 nitrogen and oxygen atoms in total. The minimum absolute atomic E-state index is 0.182. The summed E-state index contributed by atoms with van der Waals surface area (Å²) in [6.45, 7) is 0.307. The van der Waals surface area contributed by atoms with Gasteiger partial charge >= 0.3 is 0 Å². The largest absolute Gasteiger partial charge is 0.492 e. The SMILES string of the molecule is O=C(Nc1ccc(Br)cc1F)[C@@H]1COc2ccccc2C1. The first-order valence-electron chi connectivity index (χ1n) is 6.60. The van der Waals surface area contributed by atoms with Crippen LogP contribution < -0.4 is 10.1 Å². The van der Waals surface area contributed by atoms with Gasteiger partial charge in [0.2, 0.25) is 5.91 Å². The topological polar surface area (TPSA) is 38.3 Å². The van der Waals surface area contributed by atoms with Crippen molar-refractivity contribution in [1.29, 1.82) is 0 Å². The number of hydrogen-bond donors (Lipinski definition) is 1. The highest BCUT2D eigenvalue weighted by Crippen LogP contribution is 2.28.